The van der Waals surface area contributed by atoms with Crippen LogP contribution >= 0.6 is 34.0 Å². The standard InChI is InChI=1S/C25H27N3O2S3/c1-5-30-24(29)21-17-9-8-16(25(2,3)4)11-20(17)33-23(21)27-13-15(12-26)22-28-18(14-32-22)19-7-6-10-31-19/h6-7,10,13-14,16,27H,5,8-9,11H2,1-4H3/b15-13+. The molecule has 1 aliphatic rings. The Balaban J connectivity index is 1.64. The summed E-state index contributed by atoms with van der Waals surface area (Å²) in [5, 5.41) is 18.4. The highest BCUT2D eigenvalue weighted by atomic mass is 32.1. The van der Waals surface area contributed by atoms with Gasteiger partial charge in [-0.05, 0) is 54.5 Å². The first-order valence-corrected chi connectivity index (χ1v) is 13.6. The normalized spacial score (nSPS) is 16.2. The molecule has 1 aliphatic carbocycles. The molecule has 0 saturated heterocycles. The van der Waals surface area contributed by atoms with Gasteiger partial charge in [-0.2, -0.15) is 5.26 Å². The van der Waals surface area contributed by atoms with Crippen molar-refractivity contribution in [2.24, 2.45) is 11.3 Å². The molecule has 1 N–H and O–H groups in total. The lowest BCUT2D eigenvalue weighted by atomic mass is 9.72. The number of thiazole rings is 1. The Hall–Kier alpha value is -2.47. The molecule has 0 aromatic carbocycles. The fourth-order valence-corrected chi connectivity index (χ4v) is 6.89. The molecule has 8 heteroatoms. The van der Waals surface area contributed by atoms with Gasteiger partial charge >= 0.3 is 5.97 Å². The zero-order chi connectivity index (χ0) is 23.6. The summed E-state index contributed by atoms with van der Waals surface area (Å²) in [6.45, 7) is 8.99. The van der Waals surface area contributed by atoms with Crippen LogP contribution in [0.5, 0.6) is 0 Å². The third kappa shape index (κ3) is 5.06. The molecule has 0 amide bonds. The average molecular weight is 498 g/mol. The summed E-state index contributed by atoms with van der Waals surface area (Å²) in [7, 11) is 0. The molecule has 0 fully saturated rings. The second-order valence-electron chi connectivity index (χ2n) is 9.06. The van der Waals surface area contributed by atoms with Gasteiger partial charge in [0.15, 0.2) is 0 Å². The number of nitrogens with zero attached hydrogens (tertiary/aromatic N) is 2. The third-order valence-corrected chi connectivity index (χ3v) is 8.90. The number of ether oxygens (including phenoxy) is 1. The Bertz CT molecular complexity index is 1210. The van der Waals surface area contributed by atoms with E-state index >= 15 is 0 Å². The number of nitrogens with one attached hydrogen (secondary N) is 1. The van der Waals surface area contributed by atoms with Crippen LogP contribution in [0.25, 0.3) is 16.1 Å². The molecule has 1 unspecified atom stereocenters. The van der Waals surface area contributed by atoms with Crippen molar-refractivity contribution in [1.82, 2.24) is 4.98 Å². The quantitative estimate of drug-likeness (QED) is 0.287. The van der Waals surface area contributed by atoms with E-state index in [0.717, 1.165) is 40.4 Å². The lowest BCUT2D eigenvalue weighted by Crippen LogP contribution is -2.26. The monoisotopic (exact) mass is 497 g/mol. The molecule has 0 spiro atoms. The largest absolute Gasteiger partial charge is 0.462 e. The lowest BCUT2D eigenvalue weighted by Gasteiger charge is -2.33. The van der Waals surface area contributed by atoms with Crippen LogP contribution in [0.1, 0.15) is 59.9 Å². The van der Waals surface area contributed by atoms with Crippen LogP contribution in [0.2, 0.25) is 0 Å². The van der Waals surface area contributed by atoms with E-state index in [0.29, 0.717) is 28.7 Å². The van der Waals surface area contributed by atoms with Crippen molar-refractivity contribution < 1.29 is 9.53 Å². The van der Waals surface area contributed by atoms with E-state index in [4.69, 9.17) is 4.74 Å². The van der Waals surface area contributed by atoms with E-state index in [1.165, 1.54) is 16.2 Å². The molecule has 1 atom stereocenters. The molecule has 0 saturated carbocycles. The van der Waals surface area contributed by atoms with Crippen molar-refractivity contribution in [3.63, 3.8) is 0 Å². The molecule has 3 aromatic rings. The van der Waals surface area contributed by atoms with Crippen molar-refractivity contribution in [2.45, 2.75) is 47.0 Å². The molecular weight excluding hydrogens is 470 g/mol. The first kappa shape index (κ1) is 23.7. The van der Waals surface area contributed by atoms with Gasteiger partial charge in [0.25, 0.3) is 0 Å². The first-order chi connectivity index (χ1) is 15.8. The van der Waals surface area contributed by atoms with Crippen LogP contribution in [0, 0.1) is 22.7 Å². The van der Waals surface area contributed by atoms with Crippen molar-refractivity contribution in [3.8, 4) is 16.6 Å². The Kier molecular flexibility index (Phi) is 7.03. The van der Waals surface area contributed by atoms with Gasteiger partial charge in [0.1, 0.15) is 21.7 Å². The van der Waals surface area contributed by atoms with E-state index in [1.54, 1.807) is 28.9 Å². The molecule has 0 aliphatic heterocycles. The van der Waals surface area contributed by atoms with Crippen LogP contribution in [0.3, 0.4) is 0 Å². The van der Waals surface area contributed by atoms with Crippen molar-refractivity contribution in [3.05, 3.63) is 50.1 Å². The van der Waals surface area contributed by atoms with Crippen LogP contribution in [0.15, 0.2) is 29.1 Å². The van der Waals surface area contributed by atoms with Crippen LogP contribution in [-0.2, 0) is 17.6 Å². The molecule has 5 nitrogen and oxygen atoms in total. The van der Waals surface area contributed by atoms with Gasteiger partial charge in [0.2, 0.25) is 0 Å². The van der Waals surface area contributed by atoms with Crippen LogP contribution in [0.4, 0.5) is 5.00 Å². The van der Waals surface area contributed by atoms with Gasteiger partial charge in [0, 0.05) is 16.5 Å². The van der Waals surface area contributed by atoms with E-state index < -0.39 is 0 Å². The summed E-state index contributed by atoms with van der Waals surface area (Å²) >= 11 is 4.67. The minimum absolute atomic E-state index is 0.221. The van der Waals surface area contributed by atoms with Crippen molar-refractivity contribution in [1.29, 1.82) is 5.26 Å². The Labute approximate surface area is 206 Å². The molecule has 33 heavy (non-hydrogen) atoms. The van der Waals surface area contributed by atoms with Crippen molar-refractivity contribution >= 4 is 50.6 Å². The maximum absolute atomic E-state index is 12.8. The highest BCUT2D eigenvalue weighted by Crippen LogP contribution is 2.44. The average Bonchev–Trinajstić information content (AvgIpc) is 3.52. The zero-order valence-corrected chi connectivity index (χ0v) is 21.7. The number of thiophene rings is 2. The van der Waals surface area contributed by atoms with Gasteiger partial charge in [-0.1, -0.05) is 26.8 Å². The molecule has 4 rings (SSSR count). The van der Waals surface area contributed by atoms with Crippen LogP contribution < -0.4 is 5.32 Å². The second kappa shape index (κ2) is 9.80. The number of allylic oxidation sites excluding steroid dienone is 1. The summed E-state index contributed by atoms with van der Waals surface area (Å²) in [6.07, 6.45) is 4.55. The Morgan fingerprint density at radius 2 is 2.21 bits per heavy atom. The van der Waals surface area contributed by atoms with Gasteiger partial charge in [-0.15, -0.1) is 34.0 Å². The number of carbonyl (C=O) groups is 1. The number of hydrogen-bond donors (Lipinski definition) is 1. The summed E-state index contributed by atoms with van der Waals surface area (Å²) in [6, 6.07) is 6.25. The van der Waals surface area contributed by atoms with E-state index in [-0.39, 0.29) is 11.4 Å². The van der Waals surface area contributed by atoms with E-state index in [1.807, 2.05) is 29.8 Å². The zero-order valence-electron chi connectivity index (χ0n) is 19.2. The lowest BCUT2D eigenvalue weighted by molar-refractivity contribution is 0.0526. The third-order valence-electron chi connectivity index (χ3n) is 5.95. The van der Waals surface area contributed by atoms with Crippen molar-refractivity contribution in [2.75, 3.05) is 11.9 Å². The number of carbonyl (C=O) groups excluding carboxylic acids is 1. The molecule has 3 heterocycles. The molecule has 0 bridgehead atoms. The summed E-state index contributed by atoms with van der Waals surface area (Å²) in [5.41, 5.74) is 3.26. The number of anilines is 1. The fourth-order valence-electron chi connectivity index (χ4n) is 4.06. The van der Waals surface area contributed by atoms with Gasteiger partial charge in [-0.25, -0.2) is 9.78 Å². The Morgan fingerprint density at radius 3 is 2.88 bits per heavy atom. The molecular formula is C25H27N3O2S3. The predicted molar refractivity (Wildman–Crippen MR) is 138 cm³/mol. The van der Waals surface area contributed by atoms with Crippen LogP contribution in [-0.4, -0.2) is 17.6 Å². The molecule has 172 valence electrons. The summed E-state index contributed by atoms with van der Waals surface area (Å²) in [5.74, 6) is 0.274. The summed E-state index contributed by atoms with van der Waals surface area (Å²) < 4.78 is 5.38. The smallest absolute Gasteiger partial charge is 0.341 e. The SMILES string of the molecule is CCOC(=O)c1c(N/C=C(\C#N)c2nc(-c3cccs3)cs2)sc2c1CCC(C(C)(C)C)C2. The number of rotatable bonds is 6. The maximum Gasteiger partial charge on any atom is 0.341 e. The second-order valence-corrected chi connectivity index (χ2v) is 12.0. The number of fused-ring (bicyclic) bond motifs is 1. The van der Waals surface area contributed by atoms with E-state index in [2.05, 4.69) is 37.1 Å². The van der Waals surface area contributed by atoms with Gasteiger partial charge < -0.3 is 10.1 Å². The topological polar surface area (TPSA) is 75.0 Å². The predicted octanol–water partition coefficient (Wildman–Crippen LogP) is 7.24. The maximum atomic E-state index is 12.8. The number of nitriles is 1. The minimum atomic E-state index is -0.298. The first-order valence-electron chi connectivity index (χ1n) is 11.0. The highest BCUT2D eigenvalue weighted by molar-refractivity contribution is 7.17. The van der Waals surface area contributed by atoms with Gasteiger partial charge in [-0.3, -0.25) is 0 Å². The number of hydrogen-bond acceptors (Lipinski definition) is 8. The van der Waals surface area contributed by atoms with E-state index in [9.17, 15) is 10.1 Å². The highest BCUT2D eigenvalue weighted by Gasteiger charge is 2.34. The minimum Gasteiger partial charge on any atom is -0.462 e. The Morgan fingerprint density at radius 1 is 1.39 bits per heavy atom. The number of esters is 1. The fraction of sp³-hybridized carbons (Fsp3) is 0.400. The number of aromatic nitrogens is 1. The molecule has 0 radical (unpaired) electrons. The van der Waals surface area contributed by atoms with Gasteiger partial charge in [0.05, 0.1) is 22.7 Å². The molecule has 3 aromatic heterocycles. The summed E-state index contributed by atoms with van der Waals surface area (Å²) in [4.78, 5) is 19.8.